The molecule has 0 bridgehead atoms. The third kappa shape index (κ3) is 5.61. The van der Waals surface area contributed by atoms with Gasteiger partial charge in [-0.2, -0.15) is 0 Å². The Kier molecular flexibility index (Phi) is 7.06. The van der Waals surface area contributed by atoms with Crippen molar-refractivity contribution in [2.24, 2.45) is 0 Å². The lowest BCUT2D eigenvalue weighted by Crippen LogP contribution is -2.34. The van der Waals surface area contributed by atoms with Gasteiger partial charge in [0.15, 0.2) is 6.10 Å². The monoisotopic (exact) mass is 418 g/mol. The Morgan fingerprint density at radius 1 is 1.17 bits per heavy atom. The van der Waals surface area contributed by atoms with E-state index in [0.29, 0.717) is 5.56 Å². The summed E-state index contributed by atoms with van der Waals surface area (Å²) in [6, 6.07) is 8.93. The van der Waals surface area contributed by atoms with Gasteiger partial charge in [-0.3, -0.25) is 24.5 Å². The van der Waals surface area contributed by atoms with Crippen LogP contribution in [0.2, 0.25) is 5.02 Å². The summed E-state index contributed by atoms with van der Waals surface area (Å²) in [6.45, 7) is 4.59. The van der Waals surface area contributed by atoms with E-state index >= 15 is 0 Å². The molecule has 0 heterocycles. The van der Waals surface area contributed by atoms with Gasteiger partial charge in [-0.05, 0) is 44.5 Å². The zero-order valence-electron chi connectivity index (χ0n) is 16.0. The van der Waals surface area contributed by atoms with Crippen LogP contribution in [-0.2, 0) is 9.53 Å². The van der Waals surface area contributed by atoms with E-state index in [9.17, 15) is 24.5 Å². The molecule has 29 heavy (non-hydrogen) atoms. The third-order valence-electron chi connectivity index (χ3n) is 4.13. The number of hydrogen-bond donors (Lipinski definition) is 1. The van der Waals surface area contributed by atoms with Gasteiger partial charge in [-0.15, -0.1) is 0 Å². The van der Waals surface area contributed by atoms with Crippen LogP contribution in [0.15, 0.2) is 36.4 Å². The summed E-state index contributed by atoms with van der Waals surface area (Å²) in [5.41, 5.74) is 1.67. The Morgan fingerprint density at radius 2 is 1.86 bits per heavy atom. The number of aryl methyl sites for hydroxylation is 2. The molecule has 0 unspecified atom stereocenters. The van der Waals surface area contributed by atoms with Gasteiger partial charge in [0.25, 0.3) is 11.6 Å². The van der Waals surface area contributed by atoms with Crippen molar-refractivity contribution in [3.63, 3.8) is 0 Å². The second-order valence-electron chi connectivity index (χ2n) is 6.42. The first kappa shape index (κ1) is 22.0. The van der Waals surface area contributed by atoms with Gasteiger partial charge in [0.05, 0.1) is 4.92 Å². The number of nitrogens with one attached hydrogen (secondary N) is 1. The Labute approximate surface area is 172 Å². The fourth-order valence-corrected chi connectivity index (χ4v) is 2.75. The zero-order chi connectivity index (χ0) is 21.7. The quantitative estimate of drug-likeness (QED) is 0.319. The van der Waals surface area contributed by atoms with Gasteiger partial charge in [0.1, 0.15) is 11.6 Å². The topological polar surface area (TPSA) is 116 Å². The largest absolute Gasteiger partial charge is 0.453 e. The van der Waals surface area contributed by atoms with Crippen molar-refractivity contribution in [1.82, 2.24) is 5.32 Å². The smallest absolute Gasteiger partial charge is 0.326 e. The normalized spacial score (nSPS) is 11.4. The number of hydrogen-bond acceptors (Lipinski definition) is 6. The van der Waals surface area contributed by atoms with E-state index in [1.165, 1.54) is 19.1 Å². The van der Waals surface area contributed by atoms with Crippen LogP contribution in [0.1, 0.15) is 38.8 Å². The molecule has 152 valence electrons. The van der Waals surface area contributed by atoms with Crippen molar-refractivity contribution < 1.29 is 24.0 Å². The van der Waals surface area contributed by atoms with E-state index in [4.69, 9.17) is 16.3 Å². The van der Waals surface area contributed by atoms with Gasteiger partial charge in [-0.1, -0.05) is 29.3 Å². The molecule has 0 aliphatic rings. The predicted octanol–water partition coefficient (Wildman–Crippen LogP) is 3.41. The van der Waals surface area contributed by atoms with Gasteiger partial charge >= 0.3 is 5.97 Å². The maximum atomic E-state index is 12.5. The molecule has 0 fully saturated rings. The van der Waals surface area contributed by atoms with Gasteiger partial charge in [-0.25, -0.2) is 0 Å². The number of benzene rings is 2. The molecular formula is C20H19ClN2O6. The van der Waals surface area contributed by atoms with Gasteiger partial charge < -0.3 is 10.1 Å². The lowest BCUT2D eigenvalue weighted by molar-refractivity contribution is -0.384. The highest BCUT2D eigenvalue weighted by Crippen LogP contribution is 2.25. The van der Waals surface area contributed by atoms with Crippen LogP contribution < -0.4 is 5.32 Å². The summed E-state index contributed by atoms with van der Waals surface area (Å²) >= 11 is 5.70. The van der Waals surface area contributed by atoms with Crippen LogP contribution in [0.3, 0.4) is 0 Å². The Morgan fingerprint density at radius 3 is 2.52 bits per heavy atom. The summed E-state index contributed by atoms with van der Waals surface area (Å²) in [4.78, 5) is 46.8. The third-order valence-corrected chi connectivity index (χ3v) is 4.45. The average molecular weight is 419 g/mol. The van der Waals surface area contributed by atoms with Crippen LogP contribution in [0.25, 0.3) is 0 Å². The summed E-state index contributed by atoms with van der Waals surface area (Å²) in [6.07, 6.45) is -1.03. The summed E-state index contributed by atoms with van der Waals surface area (Å²) in [5, 5.41) is 13.1. The number of ether oxygens (including phenoxy) is 1. The number of nitrogens with zero attached hydrogens (tertiary/aromatic N) is 1. The number of rotatable bonds is 7. The number of amides is 1. The molecule has 0 saturated carbocycles. The van der Waals surface area contributed by atoms with Crippen molar-refractivity contribution in [2.75, 3.05) is 6.54 Å². The zero-order valence-corrected chi connectivity index (χ0v) is 16.8. The Hall–Kier alpha value is -3.26. The van der Waals surface area contributed by atoms with E-state index < -0.39 is 35.1 Å². The molecular weight excluding hydrogens is 400 g/mol. The lowest BCUT2D eigenvalue weighted by atomic mass is 9.99. The molecule has 2 aromatic rings. The summed E-state index contributed by atoms with van der Waals surface area (Å²) < 4.78 is 5.10. The van der Waals surface area contributed by atoms with Crippen LogP contribution in [0.5, 0.6) is 0 Å². The SMILES string of the molecule is Cc1ccc(C)c(C(=O)[C@@H](C)OC(=O)CNC(=O)c2ccc(Cl)c([N+](=O)[O-])c2)c1. The van der Waals surface area contributed by atoms with E-state index in [0.717, 1.165) is 17.2 Å². The number of nitro benzene ring substituents is 1. The molecule has 1 amide bonds. The number of Topliss-reactive ketones (excluding diaryl/α,β-unsaturated/α-hetero) is 1. The highest BCUT2D eigenvalue weighted by Gasteiger charge is 2.22. The number of carbonyl (C=O) groups excluding carboxylic acids is 3. The maximum absolute atomic E-state index is 12.5. The first-order chi connectivity index (χ1) is 13.6. The molecule has 0 radical (unpaired) electrons. The summed E-state index contributed by atoms with van der Waals surface area (Å²) in [5.74, 6) is -1.87. The Balaban J connectivity index is 1.96. The molecule has 2 rings (SSSR count). The minimum absolute atomic E-state index is 0.0339. The fraction of sp³-hybridized carbons (Fsp3) is 0.250. The van der Waals surface area contributed by atoms with E-state index in [2.05, 4.69) is 5.32 Å². The van der Waals surface area contributed by atoms with Gasteiger partial charge in [0.2, 0.25) is 5.78 Å². The second kappa shape index (κ2) is 9.29. The van der Waals surface area contributed by atoms with Gasteiger partial charge in [0, 0.05) is 17.2 Å². The van der Waals surface area contributed by atoms with Crippen molar-refractivity contribution in [2.45, 2.75) is 26.9 Å². The van der Waals surface area contributed by atoms with Crippen LogP contribution in [0, 0.1) is 24.0 Å². The van der Waals surface area contributed by atoms with Crippen molar-refractivity contribution >= 4 is 34.9 Å². The molecule has 0 spiro atoms. The number of halogens is 1. The predicted molar refractivity (Wildman–Crippen MR) is 106 cm³/mol. The number of esters is 1. The summed E-state index contributed by atoms with van der Waals surface area (Å²) in [7, 11) is 0. The minimum Gasteiger partial charge on any atom is -0.453 e. The van der Waals surface area contributed by atoms with Crippen LogP contribution in [0.4, 0.5) is 5.69 Å². The van der Waals surface area contributed by atoms with Crippen LogP contribution in [-0.4, -0.2) is 35.2 Å². The van der Waals surface area contributed by atoms with Crippen molar-refractivity contribution in [3.8, 4) is 0 Å². The molecule has 0 aliphatic carbocycles. The standard InChI is InChI=1S/C20H19ClN2O6/c1-11-4-5-12(2)15(8-11)19(25)13(3)29-18(24)10-22-20(26)14-6-7-16(21)17(9-14)23(27)28/h4-9,13H,10H2,1-3H3,(H,22,26)/t13-/m1/s1. The molecule has 0 saturated heterocycles. The van der Waals surface area contributed by atoms with Crippen molar-refractivity contribution in [1.29, 1.82) is 0 Å². The molecule has 9 heteroatoms. The average Bonchev–Trinajstić information content (AvgIpc) is 2.67. The number of nitro groups is 1. The highest BCUT2D eigenvalue weighted by molar-refractivity contribution is 6.32. The molecule has 1 N–H and O–H groups in total. The second-order valence-corrected chi connectivity index (χ2v) is 6.83. The van der Waals surface area contributed by atoms with Crippen LogP contribution >= 0.6 is 11.6 Å². The first-order valence-electron chi connectivity index (χ1n) is 8.63. The molecule has 2 aromatic carbocycles. The molecule has 1 atom stereocenters. The number of carbonyl (C=O) groups is 3. The highest BCUT2D eigenvalue weighted by atomic mass is 35.5. The fourth-order valence-electron chi connectivity index (χ4n) is 2.56. The van der Waals surface area contributed by atoms with E-state index in [1.807, 2.05) is 19.1 Å². The molecule has 0 aromatic heterocycles. The van der Waals surface area contributed by atoms with E-state index in [-0.39, 0.29) is 16.4 Å². The van der Waals surface area contributed by atoms with Crippen molar-refractivity contribution in [3.05, 3.63) is 73.8 Å². The molecule has 0 aliphatic heterocycles. The Bertz CT molecular complexity index is 989. The number of ketones is 1. The molecule has 8 nitrogen and oxygen atoms in total. The first-order valence-corrected chi connectivity index (χ1v) is 9.01. The maximum Gasteiger partial charge on any atom is 0.326 e. The van der Waals surface area contributed by atoms with E-state index in [1.54, 1.807) is 13.0 Å². The minimum atomic E-state index is -1.03. The lowest BCUT2D eigenvalue weighted by Gasteiger charge is -2.14.